The molecule has 7 heteroatoms. The van der Waals surface area contributed by atoms with E-state index in [0.717, 1.165) is 18.0 Å². The summed E-state index contributed by atoms with van der Waals surface area (Å²) in [6, 6.07) is 10.4. The van der Waals surface area contributed by atoms with Crippen molar-refractivity contribution >= 4 is 23.8 Å². The third kappa shape index (κ3) is 3.95. The molecule has 0 aliphatic carbocycles. The molecule has 2 rings (SSSR count). The van der Waals surface area contributed by atoms with Crippen LogP contribution in [0.1, 0.15) is 26.3 Å². The first-order chi connectivity index (χ1) is 11.4. The molecule has 0 saturated carbocycles. The molecule has 2 aromatic rings. The van der Waals surface area contributed by atoms with Crippen LogP contribution in [0.15, 0.2) is 47.6 Å². The first kappa shape index (κ1) is 17.1. The number of amides is 1. The standard InChI is InChI=1S/C17H16FN3O3/c1-21(2)15-6-4-3-5-13(15)16(22)20-19-10-12-8-7-11(17(23)24)9-14(12)18/h3-10H,1-2H3,(H,20,22)(H,23,24). The number of carboxylic acids is 1. The smallest absolute Gasteiger partial charge is 0.335 e. The topological polar surface area (TPSA) is 82.0 Å². The van der Waals surface area contributed by atoms with E-state index in [1.807, 2.05) is 20.2 Å². The van der Waals surface area contributed by atoms with Gasteiger partial charge in [0.15, 0.2) is 0 Å². The summed E-state index contributed by atoms with van der Waals surface area (Å²) in [5, 5.41) is 12.5. The van der Waals surface area contributed by atoms with Gasteiger partial charge in [-0.15, -0.1) is 0 Å². The first-order valence-electron chi connectivity index (χ1n) is 7.02. The molecular formula is C17H16FN3O3. The molecule has 2 aromatic carbocycles. The minimum Gasteiger partial charge on any atom is -0.478 e. The van der Waals surface area contributed by atoms with Crippen LogP contribution in [0.3, 0.4) is 0 Å². The van der Waals surface area contributed by atoms with Crippen molar-refractivity contribution in [1.29, 1.82) is 0 Å². The highest BCUT2D eigenvalue weighted by Crippen LogP contribution is 2.17. The summed E-state index contributed by atoms with van der Waals surface area (Å²) in [5.74, 6) is -2.38. The normalized spacial score (nSPS) is 10.6. The second kappa shape index (κ2) is 7.36. The van der Waals surface area contributed by atoms with Crippen molar-refractivity contribution in [1.82, 2.24) is 5.43 Å². The van der Waals surface area contributed by atoms with E-state index >= 15 is 0 Å². The zero-order valence-electron chi connectivity index (χ0n) is 13.2. The van der Waals surface area contributed by atoms with Crippen molar-refractivity contribution in [2.45, 2.75) is 0 Å². The molecule has 0 aromatic heterocycles. The van der Waals surface area contributed by atoms with Crippen LogP contribution in [0.25, 0.3) is 0 Å². The van der Waals surface area contributed by atoms with Crippen molar-refractivity contribution < 1.29 is 19.1 Å². The van der Waals surface area contributed by atoms with Crippen LogP contribution in [0.5, 0.6) is 0 Å². The number of hydrazone groups is 1. The number of carboxylic acid groups (broad SMARTS) is 1. The van der Waals surface area contributed by atoms with Crippen molar-refractivity contribution in [3.05, 3.63) is 65.0 Å². The summed E-state index contributed by atoms with van der Waals surface area (Å²) >= 11 is 0. The van der Waals surface area contributed by atoms with Crippen molar-refractivity contribution in [3.63, 3.8) is 0 Å². The molecule has 0 saturated heterocycles. The molecule has 0 heterocycles. The summed E-state index contributed by atoms with van der Waals surface area (Å²) in [6.07, 6.45) is 1.12. The molecule has 24 heavy (non-hydrogen) atoms. The van der Waals surface area contributed by atoms with Crippen LogP contribution in [0.2, 0.25) is 0 Å². The monoisotopic (exact) mass is 329 g/mol. The van der Waals surface area contributed by atoms with Crippen molar-refractivity contribution in [3.8, 4) is 0 Å². The Morgan fingerprint density at radius 3 is 2.54 bits per heavy atom. The van der Waals surface area contributed by atoms with Gasteiger partial charge in [0.25, 0.3) is 5.91 Å². The summed E-state index contributed by atoms with van der Waals surface area (Å²) in [6.45, 7) is 0. The molecule has 0 bridgehead atoms. The van der Waals surface area contributed by atoms with Crippen LogP contribution in [-0.2, 0) is 0 Å². The van der Waals surface area contributed by atoms with Gasteiger partial charge in [-0.3, -0.25) is 4.79 Å². The average Bonchev–Trinajstić information content (AvgIpc) is 2.55. The van der Waals surface area contributed by atoms with E-state index in [2.05, 4.69) is 10.5 Å². The number of anilines is 1. The van der Waals surface area contributed by atoms with Crippen molar-refractivity contribution in [2.24, 2.45) is 5.10 Å². The molecule has 124 valence electrons. The molecule has 2 N–H and O–H groups in total. The highest BCUT2D eigenvalue weighted by atomic mass is 19.1. The number of nitrogens with one attached hydrogen (secondary N) is 1. The number of para-hydroxylation sites is 1. The fourth-order valence-electron chi connectivity index (χ4n) is 2.04. The molecule has 0 atom stereocenters. The molecule has 0 aliphatic rings. The van der Waals surface area contributed by atoms with Crippen LogP contribution in [0, 0.1) is 5.82 Å². The lowest BCUT2D eigenvalue weighted by Crippen LogP contribution is -2.21. The first-order valence-corrected chi connectivity index (χ1v) is 7.02. The van der Waals surface area contributed by atoms with Gasteiger partial charge in [0.2, 0.25) is 0 Å². The number of nitrogens with zero attached hydrogens (tertiary/aromatic N) is 2. The van der Waals surface area contributed by atoms with E-state index < -0.39 is 17.7 Å². The van der Waals surface area contributed by atoms with E-state index in [1.54, 1.807) is 23.1 Å². The van der Waals surface area contributed by atoms with E-state index in [1.165, 1.54) is 12.1 Å². The zero-order valence-corrected chi connectivity index (χ0v) is 13.2. The lowest BCUT2D eigenvalue weighted by atomic mass is 10.1. The Bertz CT molecular complexity index is 803. The van der Waals surface area contributed by atoms with Gasteiger partial charge in [-0.25, -0.2) is 14.6 Å². The van der Waals surface area contributed by atoms with E-state index in [9.17, 15) is 14.0 Å². The van der Waals surface area contributed by atoms with Crippen LogP contribution in [-0.4, -0.2) is 37.3 Å². The highest BCUT2D eigenvalue weighted by molar-refractivity contribution is 6.00. The summed E-state index contributed by atoms with van der Waals surface area (Å²) in [7, 11) is 3.63. The van der Waals surface area contributed by atoms with E-state index in [-0.39, 0.29) is 11.1 Å². The second-order valence-corrected chi connectivity index (χ2v) is 5.15. The molecular weight excluding hydrogens is 313 g/mol. The van der Waals surface area contributed by atoms with Gasteiger partial charge >= 0.3 is 5.97 Å². The highest BCUT2D eigenvalue weighted by Gasteiger charge is 2.11. The Hall–Kier alpha value is -3.22. The van der Waals surface area contributed by atoms with Crippen LogP contribution in [0.4, 0.5) is 10.1 Å². The quantitative estimate of drug-likeness (QED) is 0.652. The molecule has 0 spiro atoms. The van der Waals surface area contributed by atoms with Gasteiger partial charge in [0, 0.05) is 25.3 Å². The number of hydrogen-bond donors (Lipinski definition) is 2. The Morgan fingerprint density at radius 1 is 1.21 bits per heavy atom. The summed E-state index contributed by atoms with van der Waals surface area (Å²) < 4.78 is 13.8. The summed E-state index contributed by atoms with van der Waals surface area (Å²) in [5.41, 5.74) is 3.40. The van der Waals surface area contributed by atoms with Crippen molar-refractivity contribution in [2.75, 3.05) is 19.0 Å². The van der Waals surface area contributed by atoms with Gasteiger partial charge in [-0.05, 0) is 30.3 Å². The number of rotatable bonds is 5. The van der Waals surface area contributed by atoms with Crippen LogP contribution >= 0.6 is 0 Å². The fraction of sp³-hybridized carbons (Fsp3) is 0.118. The van der Waals surface area contributed by atoms with Gasteiger partial charge in [-0.2, -0.15) is 5.10 Å². The van der Waals surface area contributed by atoms with E-state index in [4.69, 9.17) is 5.11 Å². The maximum atomic E-state index is 13.8. The minimum absolute atomic E-state index is 0.0706. The van der Waals surface area contributed by atoms with Crippen LogP contribution < -0.4 is 10.3 Å². The lowest BCUT2D eigenvalue weighted by molar-refractivity contribution is 0.0696. The third-order valence-electron chi connectivity index (χ3n) is 3.25. The Labute approximate surface area is 138 Å². The largest absolute Gasteiger partial charge is 0.478 e. The number of hydrogen-bond acceptors (Lipinski definition) is 4. The van der Waals surface area contributed by atoms with E-state index in [0.29, 0.717) is 5.56 Å². The number of carbonyl (C=O) groups is 2. The number of benzene rings is 2. The SMILES string of the molecule is CN(C)c1ccccc1C(=O)NN=Cc1ccc(C(=O)O)cc1F. The lowest BCUT2D eigenvalue weighted by Gasteiger charge is -2.15. The molecule has 0 radical (unpaired) electrons. The predicted octanol–water partition coefficient (Wildman–Crippen LogP) is 2.35. The molecule has 0 unspecified atom stereocenters. The second-order valence-electron chi connectivity index (χ2n) is 5.15. The maximum absolute atomic E-state index is 13.8. The van der Waals surface area contributed by atoms with Gasteiger partial charge in [-0.1, -0.05) is 12.1 Å². The number of aromatic carboxylic acids is 1. The molecule has 1 amide bonds. The third-order valence-corrected chi connectivity index (χ3v) is 3.25. The predicted molar refractivity (Wildman–Crippen MR) is 89.2 cm³/mol. The summed E-state index contributed by atoms with van der Waals surface area (Å²) in [4.78, 5) is 24.7. The minimum atomic E-state index is -1.22. The Balaban J connectivity index is 2.12. The van der Waals surface area contributed by atoms with Gasteiger partial charge in [0.1, 0.15) is 5.82 Å². The molecule has 0 aliphatic heterocycles. The zero-order chi connectivity index (χ0) is 17.7. The Morgan fingerprint density at radius 2 is 1.92 bits per heavy atom. The molecule has 6 nitrogen and oxygen atoms in total. The average molecular weight is 329 g/mol. The number of halogens is 1. The fourth-order valence-corrected chi connectivity index (χ4v) is 2.04. The maximum Gasteiger partial charge on any atom is 0.335 e. The van der Waals surface area contributed by atoms with Gasteiger partial charge < -0.3 is 10.0 Å². The number of carbonyl (C=O) groups excluding carboxylic acids is 1. The van der Waals surface area contributed by atoms with Gasteiger partial charge in [0.05, 0.1) is 17.3 Å². The Kier molecular flexibility index (Phi) is 5.26. The molecule has 0 fully saturated rings.